The normalized spacial score (nSPS) is 19.3. The fourth-order valence-electron chi connectivity index (χ4n) is 2.68. The Morgan fingerprint density at radius 1 is 1.33 bits per heavy atom. The molecule has 5 nitrogen and oxygen atoms in total. The number of amides is 2. The molecule has 2 heterocycles. The number of halogens is 2. The Labute approximate surface area is 176 Å². The predicted octanol–water partition coefficient (Wildman–Crippen LogP) is 4.52. The highest BCUT2D eigenvalue weighted by Crippen LogP contribution is 2.37. The summed E-state index contributed by atoms with van der Waals surface area (Å²) in [5.41, 5.74) is 1.15. The number of nitrogens with zero attached hydrogens (tertiary/aromatic N) is 1. The summed E-state index contributed by atoms with van der Waals surface area (Å²) in [5, 5.41) is 3.45. The van der Waals surface area contributed by atoms with E-state index in [1.807, 2.05) is 13.8 Å². The van der Waals surface area contributed by atoms with E-state index in [1.54, 1.807) is 24.5 Å². The molecule has 1 aliphatic heterocycles. The molecule has 1 atom stereocenters. The fraction of sp³-hybridized carbons (Fsp3) is 0.278. The molecule has 1 unspecified atom stereocenters. The quantitative estimate of drug-likeness (QED) is 0.704. The van der Waals surface area contributed by atoms with E-state index in [9.17, 15) is 9.59 Å². The molecular weight excluding hydrogens is 427 g/mol. The van der Waals surface area contributed by atoms with Crippen molar-refractivity contribution in [1.29, 1.82) is 0 Å². The van der Waals surface area contributed by atoms with E-state index in [0.29, 0.717) is 14.9 Å². The summed E-state index contributed by atoms with van der Waals surface area (Å²) in [7, 11) is 0. The molecule has 27 heavy (non-hydrogen) atoms. The Hall–Kier alpha value is -1.54. The second-order valence-electron chi connectivity index (χ2n) is 6.56. The van der Waals surface area contributed by atoms with Crippen molar-refractivity contribution in [3.05, 3.63) is 58.0 Å². The largest absolute Gasteiger partial charge is 0.472 e. The zero-order chi connectivity index (χ0) is 19.8. The predicted molar refractivity (Wildman–Crippen MR) is 111 cm³/mol. The van der Waals surface area contributed by atoms with Crippen molar-refractivity contribution in [2.45, 2.75) is 31.2 Å². The van der Waals surface area contributed by atoms with Gasteiger partial charge >= 0.3 is 0 Å². The van der Waals surface area contributed by atoms with Crippen LogP contribution in [0.1, 0.15) is 29.8 Å². The molecule has 2 aromatic rings. The van der Waals surface area contributed by atoms with Crippen LogP contribution in [0.2, 0.25) is 10.0 Å². The van der Waals surface area contributed by atoms with Crippen LogP contribution < -0.4 is 5.32 Å². The highest BCUT2D eigenvalue weighted by Gasteiger charge is 2.46. The van der Waals surface area contributed by atoms with Gasteiger partial charge in [0.05, 0.1) is 29.1 Å². The Morgan fingerprint density at radius 3 is 2.70 bits per heavy atom. The maximum atomic E-state index is 13.1. The van der Waals surface area contributed by atoms with Crippen molar-refractivity contribution in [3.8, 4) is 0 Å². The van der Waals surface area contributed by atoms with Gasteiger partial charge in [-0.05, 0) is 38.1 Å². The van der Waals surface area contributed by atoms with E-state index in [4.69, 9.17) is 39.8 Å². The molecule has 142 valence electrons. The summed E-state index contributed by atoms with van der Waals surface area (Å²) in [6.07, 6.45) is 3.09. The van der Waals surface area contributed by atoms with Gasteiger partial charge in [-0.3, -0.25) is 14.5 Å². The lowest BCUT2D eigenvalue weighted by molar-refractivity contribution is -0.130. The van der Waals surface area contributed by atoms with E-state index >= 15 is 0 Å². The van der Waals surface area contributed by atoms with Gasteiger partial charge in [-0.25, -0.2) is 0 Å². The standard InChI is InChI=1S/C18H16Cl2N2O3S2/c1-18(2)14(21-15(23)11-3-4-12(19)13(20)7-11)16(24)22(17(26)27-18)8-10-5-6-25-9-10/h3-7,9,14H,8H2,1-2H3,(H,21,23). The molecule has 1 saturated heterocycles. The van der Waals surface area contributed by atoms with Crippen LogP contribution in [-0.2, 0) is 11.3 Å². The first-order valence-electron chi connectivity index (χ1n) is 8.00. The third-order valence-corrected chi connectivity index (χ3v) is 6.52. The molecular formula is C18H16Cl2N2O3S2. The second kappa shape index (κ2) is 7.83. The third-order valence-electron chi connectivity index (χ3n) is 4.16. The van der Waals surface area contributed by atoms with Gasteiger partial charge in [0.15, 0.2) is 0 Å². The average molecular weight is 443 g/mol. The minimum atomic E-state index is -0.761. The van der Waals surface area contributed by atoms with Crippen molar-refractivity contribution in [3.63, 3.8) is 0 Å². The lowest BCUT2D eigenvalue weighted by Crippen LogP contribution is -2.62. The van der Waals surface area contributed by atoms with Crippen LogP contribution >= 0.6 is 47.2 Å². The molecule has 9 heteroatoms. The van der Waals surface area contributed by atoms with Crippen LogP contribution in [0.4, 0.5) is 0 Å². The summed E-state index contributed by atoms with van der Waals surface area (Å²) in [6, 6.07) is 5.58. The van der Waals surface area contributed by atoms with E-state index in [2.05, 4.69) is 5.32 Å². The minimum Gasteiger partial charge on any atom is -0.472 e. The monoisotopic (exact) mass is 442 g/mol. The Morgan fingerprint density at radius 2 is 2.07 bits per heavy atom. The molecule has 1 fully saturated rings. The zero-order valence-corrected chi connectivity index (χ0v) is 17.6. The summed E-state index contributed by atoms with van der Waals surface area (Å²) in [4.78, 5) is 27.3. The first-order chi connectivity index (χ1) is 12.7. The van der Waals surface area contributed by atoms with Crippen LogP contribution in [-0.4, -0.2) is 31.8 Å². The number of furan rings is 1. The molecule has 0 bridgehead atoms. The molecule has 1 aliphatic rings. The molecule has 1 aromatic carbocycles. The summed E-state index contributed by atoms with van der Waals surface area (Å²) in [5.74, 6) is -0.671. The number of carbonyl (C=O) groups is 2. The van der Waals surface area contributed by atoms with E-state index < -0.39 is 16.7 Å². The summed E-state index contributed by atoms with van der Waals surface area (Å²) >= 11 is 18.7. The van der Waals surface area contributed by atoms with Gasteiger partial charge in [0.1, 0.15) is 10.4 Å². The number of hydrogen-bond donors (Lipinski definition) is 1. The number of thiocarbonyl (C=S) groups is 1. The number of nitrogens with one attached hydrogen (secondary N) is 1. The SMILES string of the molecule is CC1(C)SC(=S)N(Cc2ccoc2)C(=O)C1NC(=O)c1ccc(Cl)c(Cl)c1. The molecule has 0 saturated carbocycles. The van der Waals surface area contributed by atoms with Crippen molar-refractivity contribution in [1.82, 2.24) is 10.2 Å². The van der Waals surface area contributed by atoms with Crippen LogP contribution in [0.25, 0.3) is 0 Å². The number of rotatable bonds is 4. The topological polar surface area (TPSA) is 62.6 Å². The highest BCUT2D eigenvalue weighted by atomic mass is 35.5. The lowest BCUT2D eigenvalue weighted by Gasteiger charge is -2.42. The van der Waals surface area contributed by atoms with Crippen molar-refractivity contribution < 1.29 is 14.0 Å². The van der Waals surface area contributed by atoms with Gasteiger partial charge in [-0.1, -0.05) is 47.2 Å². The van der Waals surface area contributed by atoms with Crippen LogP contribution in [0.5, 0.6) is 0 Å². The maximum Gasteiger partial charge on any atom is 0.252 e. The highest BCUT2D eigenvalue weighted by molar-refractivity contribution is 8.24. The van der Waals surface area contributed by atoms with Gasteiger partial charge < -0.3 is 9.73 Å². The third kappa shape index (κ3) is 4.32. The average Bonchev–Trinajstić information content (AvgIpc) is 3.10. The van der Waals surface area contributed by atoms with Gasteiger partial charge in [0.25, 0.3) is 11.8 Å². The maximum absolute atomic E-state index is 13.1. The molecule has 2 amide bonds. The number of thioether (sulfide) groups is 1. The van der Waals surface area contributed by atoms with Crippen molar-refractivity contribution >= 4 is 63.3 Å². The van der Waals surface area contributed by atoms with Gasteiger partial charge in [0, 0.05) is 15.9 Å². The van der Waals surface area contributed by atoms with Crippen molar-refractivity contribution in [2.24, 2.45) is 0 Å². The molecule has 3 rings (SSSR count). The number of hydrogen-bond acceptors (Lipinski definition) is 5. The van der Waals surface area contributed by atoms with Crippen LogP contribution in [0.3, 0.4) is 0 Å². The molecule has 0 radical (unpaired) electrons. The lowest BCUT2D eigenvalue weighted by atomic mass is 10.0. The fourth-order valence-corrected chi connectivity index (χ4v) is 4.77. The Bertz CT molecular complexity index is 900. The zero-order valence-electron chi connectivity index (χ0n) is 14.5. The first-order valence-corrected chi connectivity index (χ1v) is 9.98. The number of benzene rings is 1. The Kier molecular flexibility index (Phi) is 5.86. The first kappa shape index (κ1) is 20.2. The summed E-state index contributed by atoms with van der Waals surface area (Å²) < 4.78 is 4.92. The van der Waals surface area contributed by atoms with Gasteiger partial charge in [-0.15, -0.1) is 0 Å². The van der Waals surface area contributed by atoms with Gasteiger partial charge in [0.2, 0.25) is 0 Å². The van der Waals surface area contributed by atoms with Crippen LogP contribution in [0.15, 0.2) is 41.2 Å². The second-order valence-corrected chi connectivity index (χ2v) is 9.67. The minimum absolute atomic E-state index is 0.265. The van der Waals surface area contributed by atoms with E-state index in [1.165, 1.54) is 29.0 Å². The summed E-state index contributed by atoms with van der Waals surface area (Å²) in [6.45, 7) is 4.03. The number of carbonyl (C=O) groups excluding carboxylic acids is 2. The molecule has 0 spiro atoms. The van der Waals surface area contributed by atoms with E-state index in [0.717, 1.165) is 5.56 Å². The molecule has 1 N–H and O–H groups in total. The molecule has 0 aliphatic carbocycles. The Balaban J connectivity index is 1.82. The molecule has 1 aromatic heterocycles. The van der Waals surface area contributed by atoms with Gasteiger partial charge in [-0.2, -0.15) is 0 Å². The smallest absolute Gasteiger partial charge is 0.252 e. The van der Waals surface area contributed by atoms with E-state index in [-0.39, 0.29) is 17.5 Å². The van der Waals surface area contributed by atoms with Crippen LogP contribution in [0, 0.1) is 0 Å². The van der Waals surface area contributed by atoms with Crippen molar-refractivity contribution in [2.75, 3.05) is 0 Å².